The molecule has 98 valence electrons. The maximum absolute atomic E-state index is 11.3. The Hall–Kier alpha value is -1.90. The van der Waals surface area contributed by atoms with E-state index in [9.17, 15) is 4.79 Å². The maximum atomic E-state index is 11.3. The molecule has 3 rings (SSSR count). The number of benzene rings is 2. The molecule has 2 nitrogen and oxygen atoms in total. The molecule has 0 amide bonds. The number of aldehydes is 1. The van der Waals surface area contributed by atoms with Gasteiger partial charge in [0.25, 0.3) is 0 Å². The predicted octanol–water partition coefficient (Wildman–Crippen LogP) is 5.02. The first-order valence-electron chi connectivity index (χ1n) is 5.99. The summed E-state index contributed by atoms with van der Waals surface area (Å²) in [6, 6.07) is 12.7. The molecular weight excluding hydrogens is 293 g/mol. The van der Waals surface area contributed by atoms with Crippen molar-refractivity contribution < 1.29 is 4.79 Å². The Morgan fingerprint density at radius 3 is 2.65 bits per heavy atom. The lowest BCUT2D eigenvalue weighted by atomic mass is 9.97. The van der Waals surface area contributed by atoms with Gasteiger partial charge in [0.15, 0.2) is 6.29 Å². The first-order valence-corrected chi connectivity index (χ1v) is 6.74. The van der Waals surface area contributed by atoms with Crippen molar-refractivity contribution >= 4 is 40.4 Å². The summed E-state index contributed by atoms with van der Waals surface area (Å²) in [4.78, 5) is 15.7. The van der Waals surface area contributed by atoms with E-state index in [4.69, 9.17) is 23.2 Å². The topological polar surface area (TPSA) is 30.0 Å². The van der Waals surface area contributed by atoms with Crippen LogP contribution in [0.4, 0.5) is 0 Å². The molecular formula is C16H9Cl2NO. The smallest absolute Gasteiger partial charge is 0.150 e. The van der Waals surface area contributed by atoms with Gasteiger partial charge in [-0.1, -0.05) is 47.5 Å². The number of halogens is 2. The molecule has 20 heavy (non-hydrogen) atoms. The predicted molar refractivity (Wildman–Crippen MR) is 82.6 cm³/mol. The van der Waals surface area contributed by atoms with Gasteiger partial charge in [0, 0.05) is 38.3 Å². The molecule has 0 unspecified atom stereocenters. The fourth-order valence-corrected chi connectivity index (χ4v) is 2.74. The van der Waals surface area contributed by atoms with E-state index in [1.807, 2.05) is 18.2 Å². The SMILES string of the molecule is O=Cc1ccc2cccnc2c1-c1ccc(Cl)cc1Cl. The molecule has 0 radical (unpaired) electrons. The van der Waals surface area contributed by atoms with E-state index >= 15 is 0 Å². The lowest BCUT2D eigenvalue weighted by molar-refractivity contribution is 0.112. The second-order valence-electron chi connectivity index (χ2n) is 4.35. The quantitative estimate of drug-likeness (QED) is 0.622. The van der Waals surface area contributed by atoms with Crippen LogP contribution in [0.5, 0.6) is 0 Å². The molecule has 0 saturated carbocycles. The van der Waals surface area contributed by atoms with Crippen LogP contribution < -0.4 is 0 Å². The highest BCUT2D eigenvalue weighted by Crippen LogP contribution is 2.36. The highest BCUT2D eigenvalue weighted by atomic mass is 35.5. The van der Waals surface area contributed by atoms with E-state index in [1.54, 1.807) is 30.5 Å². The minimum atomic E-state index is 0.499. The van der Waals surface area contributed by atoms with Crippen molar-refractivity contribution in [2.45, 2.75) is 0 Å². The molecule has 0 atom stereocenters. The third-order valence-corrected chi connectivity index (χ3v) is 3.68. The van der Waals surface area contributed by atoms with Gasteiger partial charge in [-0.05, 0) is 18.2 Å². The molecule has 4 heteroatoms. The van der Waals surface area contributed by atoms with Gasteiger partial charge in [-0.15, -0.1) is 0 Å². The number of aromatic nitrogens is 1. The lowest BCUT2D eigenvalue weighted by Gasteiger charge is -2.11. The van der Waals surface area contributed by atoms with Gasteiger partial charge in [0.05, 0.1) is 5.52 Å². The monoisotopic (exact) mass is 301 g/mol. The van der Waals surface area contributed by atoms with Crippen LogP contribution in [0.15, 0.2) is 48.7 Å². The zero-order valence-electron chi connectivity index (χ0n) is 10.3. The normalized spacial score (nSPS) is 10.7. The van der Waals surface area contributed by atoms with Gasteiger partial charge in [0.1, 0.15) is 0 Å². The third kappa shape index (κ3) is 2.17. The molecule has 0 aliphatic carbocycles. The molecule has 1 aromatic heterocycles. The number of carbonyl (C=O) groups excluding carboxylic acids is 1. The molecule has 0 fully saturated rings. The van der Waals surface area contributed by atoms with E-state index in [-0.39, 0.29) is 0 Å². The maximum Gasteiger partial charge on any atom is 0.150 e. The lowest BCUT2D eigenvalue weighted by Crippen LogP contribution is -1.92. The molecule has 1 heterocycles. The van der Waals surface area contributed by atoms with Crippen molar-refractivity contribution in [2.75, 3.05) is 0 Å². The number of fused-ring (bicyclic) bond motifs is 1. The van der Waals surface area contributed by atoms with E-state index < -0.39 is 0 Å². The Morgan fingerprint density at radius 2 is 1.90 bits per heavy atom. The molecule has 0 saturated heterocycles. The zero-order chi connectivity index (χ0) is 14.1. The molecule has 0 aliphatic rings. The van der Waals surface area contributed by atoms with Crippen LogP contribution in [0.3, 0.4) is 0 Å². The van der Waals surface area contributed by atoms with E-state index in [0.29, 0.717) is 15.6 Å². The van der Waals surface area contributed by atoms with Gasteiger partial charge >= 0.3 is 0 Å². The van der Waals surface area contributed by atoms with Crippen LogP contribution in [-0.2, 0) is 0 Å². The number of nitrogens with zero attached hydrogens (tertiary/aromatic N) is 1. The third-order valence-electron chi connectivity index (χ3n) is 3.13. The Balaban J connectivity index is 2.41. The van der Waals surface area contributed by atoms with Crippen molar-refractivity contribution in [1.29, 1.82) is 0 Å². The van der Waals surface area contributed by atoms with Gasteiger partial charge in [0.2, 0.25) is 0 Å². The second kappa shape index (κ2) is 5.23. The summed E-state index contributed by atoms with van der Waals surface area (Å²) in [6.07, 6.45) is 2.51. The summed E-state index contributed by atoms with van der Waals surface area (Å²) < 4.78 is 0. The van der Waals surface area contributed by atoms with Crippen molar-refractivity contribution in [3.8, 4) is 11.1 Å². The van der Waals surface area contributed by atoms with Crippen molar-refractivity contribution in [3.05, 3.63) is 64.3 Å². The molecule has 0 spiro atoms. The van der Waals surface area contributed by atoms with Crippen LogP contribution >= 0.6 is 23.2 Å². The minimum Gasteiger partial charge on any atom is -0.298 e. The largest absolute Gasteiger partial charge is 0.298 e. The highest BCUT2D eigenvalue weighted by molar-refractivity contribution is 6.36. The minimum absolute atomic E-state index is 0.499. The van der Waals surface area contributed by atoms with Gasteiger partial charge in [-0.3, -0.25) is 9.78 Å². The first kappa shape index (κ1) is 13.1. The summed E-state index contributed by atoms with van der Waals surface area (Å²) in [5.74, 6) is 0. The molecule has 2 aromatic carbocycles. The molecule has 0 aliphatic heterocycles. The summed E-state index contributed by atoms with van der Waals surface area (Å²) >= 11 is 12.2. The van der Waals surface area contributed by atoms with Crippen LogP contribution in [0.2, 0.25) is 10.0 Å². The summed E-state index contributed by atoms with van der Waals surface area (Å²) in [7, 11) is 0. The van der Waals surface area contributed by atoms with Gasteiger partial charge in [-0.2, -0.15) is 0 Å². The fourth-order valence-electron chi connectivity index (χ4n) is 2.23. The summed E-state index contributed by atoms with van der Waals surface area (Å²) in [5, 5.41) is 2.01. The molecule has 3 aromatic rings. The second-order valence-corrected chi connectivity index (χ2v) is 5.19. The number of hydrogen-bond acceptors (Lipinski definition) is 2. The van der Waals surface area contributed by atoms with Crippen LogP contribution in [0.1, 0.15) is 10.4 Å². The summed E-state index contributed by atoms with van der Waals surface area (Å²) in [5.41, 5.74) is 2.80. The Bertz CT molecular complexity index is 815. The van der Waals surface area contributed by atoms with E-state index in [1.165, 1.54) is 0 Å². The van der Waals surface area contributed by atoms with Gasteiger partial charge in [-0.25, -0.2) is 0 Å². The molecule has 0 bridgehead atoms. The summed E-state index contributed by atoms with van der Waals surface area (Å²) in [6.45, 7) is 0. The average Bonchev–Trinajstić information content (AvgIpc) is 2.46. The van der Waals surface area contributed by atoms with Crippen molar-refractivity contribution in [1.82, 2.24) is 4.98 Å². The first-order chi connectivity index (χ1) is 9.70. The number of hydrogen-bond donors (Lipinski definition) is 0. The number of rotatable bonds is 2. The van der Waals surface area contributed by atoms with Crippen LogP contribution in [0.25, 0.3) is 22.0 Å². The number of pyridine rings is 1. The van der Waals surface area contributed by atoms with Crippen LogP contribution in [0, 0.1) is 0 Å². The van der Waals surface area contributed by atoms with E-state index in [2.05, 4.69) is 4.98 Å². The van der Waals surface area contributed by atoms with E-state index in [0.717, 1.165) is 28.3 Å². The highest BCUT2D eigenvalue weighted by Gasteiger charge is 2.13. The van der Waals surface area contributed by atoms with Crippen molar-refractivity contribution in [2.24, 2.45) is 0 Å². The molecule has 0 N–H and O–H groups in total. The standard InChI is InChI=1S/C16H9Cl2NO/c17-12-5-6-13(14(18)8-12)15-11(9-20)4-3-10-2-1-7-19-16(10)15/h1-9H. The van der Waals surface area contributed by atoms with Crippen molar-refractivity contribution in [3.63, 3.8) is 0 Å². The average molecular weight is 302 g/mol. The Kier molecular flexibility index (Phi) is 3.43. The van der Waals surface area contributed by atoms with Crippen LogP contribution in [-0.4, -0.2) is 11.3 Å². The Morgan fingerprint density at radius 1 is 1.05 bits per heavy atom. The zero-order valence-corrected chi connectivity index (χ0v) is 11.8. The Labute approximate surface area is 126 Å². The number of carbonyl (C=O) groups is 1. The van der Waals surface area contributed by atoms with Gasteiger partial charge < -0.3 is 0 Å². The fraction of sp³-hybridized carbons (Fsp3) is 0.